The number of nitrogens with one attached hydrogen (secondary N) is 2. The topological polar surface area (TPSA) is 108 Å². The zero-order valence-corrected chi connectivity index (χ0v) is 10.0. The molecule has 0 radical (unpaired) electrons. The Bertz CT molecular complexity index is 508. The van der Waals surface area contributed by atoms with E-state index in [1.54, 1.807) is 0 Å². The molecule has 0 spiro atoms. The van der Waals surface area contributed by atoms with Gasteiger partial charge in [0.1, 0.15) is 5.69 Å². The lowest BCUT2D eigenvalue weighted by molar-refractivity contribution is -0.120. The van der Waals surface area contributed by atoms with Crippen LogP contribution in [0, 0.1) is 0 Å². The molecule has 0 bridgehead atoms. The monoisotopic (exact) mass is 263 g/mol. The van der Waals surface area contributed by atoms with E-state index in [4.69, 9.17) is 5.11 Å². The molecule has 2 amide bonds. The standard InChI is InChI=1S/C12H13N3O4/c16-10(15-8-2-3-8)6-14-11(17)9-4-1-7(5-13-9)12(18)19/h1,4-5,8H,2-3,6H2,(H,14,17)(H,15,16)(H,18,19). The average Bonchev–Trinajstić information content (AvgIpc) is 3.20. The van der Waals surface area contributed by atoms with Gasteiger partial charge in [-0.25, -0.2) is 4.79 Å². The maximum Gasteiger partial charge on any atom is 0.337 e. The molecule has 0 saturated heterocycles. The van der Waals surface area contributed by atoms with Crippen LogP contribution in [-0.2, 0) is 4.79 Å². The molecule has 0 aliphatic heterocycles. The van der Waals surface area contributed by atoms with Crippen LogP contribution in [0.2, 0.25) is 0 Å². The van der Waals surface area contributed by atoms with Crippen molar-refractivity contribution in [1.82, 2.24) is 15.6 Å². The van der Waals surface area contributed by atoms with Crippen molar-refractivity contribution in [1.29, 1.82) is 0 Å². The summed E-state index contributed by atoms with van der Waals surface area (Å²) < 4.78 is 0. The van der Waals surface area contributed by atoms with E-state index in [1.165, 1.54) is 12.1 Å². The Balaban J connectivity index is 1.84. The molecule has 0 atom stereocenters. The molecule has 1 saturated carbocycles. The van der Waals surface area contributed by atoms with Crippen LogP contribution in [0.5, 0.6) is 0 Å². The maximum atomic E-state index is 11.6. The number of amides is 2. The largest absolute Gasteiger partial charge is 0.478 e. The quantitative estimate of drug-likeness (QED) is 0.681. The molecule has 0 aromatic carbocycles. The van der Waals surface area contributed by atoms with Crippen molar-refractivity contribution in [2.24, 2.45) is 0 Å². The molecule has 100 valence electrons. The Kier molecular flexibility index (Phi) is 3.74. The average molecular weight is 263 g/mol. The normalized spacial score (nSPS) is 13.7. The summed E-state index contributed by atoms with van der Waals surface area (Å²) in [6, 6.07) is 2.84. The van der Waals surface area contributed by atoms with Crippen LogP contribution in [0.15, 0.2) is 18.3 Å². The summed E-state index contributed by atoms with van der Waals surface area (Å²) in [6.07, 6.45) is 3.07. The van der Waals surface area contributed by atoms with Gasteiger partial charge in [0.2, 0.25) is 5.91 Å². The minimum Gasteiger partial charge on any atom is -0.478 e. The first-order chi connectivity index (χ1) is 9.06. The first kappa shape index (κ1) is 13.0. The van der Waals surface area contributed by atoms with Gasteiger partial charge < -0.3 is 15.7 Å². The number of aromatic nitrogens is 1. The van der Waals surface area contributed by atoms with Gasteiger partial charge in [-0.2, -0.15) is 0 Å². The molecular weight excluding hydrogens is 250 g/mol. The highest BCUT2D eigenvalue weighted by Gasteiger charge is 2.23. The Morgan fingerprint density at radius 3 is 2.58 bits per heavy atom. The molecule has 3 N–H and O–H groups in total. The third-order valence-corrected chi connectivity index (χ3v) is 2.60. The Morgan fingerprint density at radius 1 is 1.32 bits per heavy atom. The first-order valence-electron chi connectivity index (χ1n) is 5.83. The molecule has 1 heterocycles. The van der Waals surface area contributed by atoms with Crippen molar-refractivity contribution in [3.8, 4) is 0 Å². The van der Waals surface area contributed by atoms with E-state index in [-0.39, 0.29) is 29.8 Å². The lowest BCUT2D eigenvalue weighted by atomic mass is 10.2. The number of rotatable bonds is 5. The molecule has 7 heteroatoms. The van der Waals surface area contributed by atoms with E-state index in [9.17, 15) is 14.4 Å². The SMILES string of the molecule is O=C(CNC(=O)c1ccc(C(=O)O)cn1)NC1CC1. The van der Waals surface area contributed by atoms with E-state index in [0.29, 0.717) is 0 Å². The summed E-state index contributed by atoms with van der Waals surface area (Å²) in [5, 5.41) is 13.8. The second-order valence-electron chi connectivity index (χ2n) is 4.26. The number of carbonyl (C=O) groups is 3. The van der Waals surface area contributed by atoms with Crippen molar-refractivity contribution < 1.29 is 19.5 Å². The molecule has 2 rings (SSSR count). The molecular formula is C12H13N3O4. The van der Waals surface area contributed by atoms with Gasteiger partial charge in [-0.15, -0.1) is 0 Å². The number of pyridine rings is 1. The van der Waals surface area contributed by atoms with Gasteiger partial charge in [0.05, 0.1) is 12.1 Å². The molecule has 19 heavy (non-hydrogen) atoms. The van der Waals surface area contributed by atoms with Gasteiger partial charge >= 0.3 is 5.97 Å². The number of hydrogen-bond donors (Lipinski definition) is 3. The van der Waals surface area contributed by atoms with E-state index in [0.717, 1.165) is 19.0 Å². The number of carboxylic acid groups (broad SMARTS) is 1. The molecule has 1 fully saturated rings. The van der Waals surface area contributed by atoms with Crippen LogP contribution in [0.3, 0.4) is 0 Å². The van der Waals surface area contributed by atoms with Crippen LogP contribution in [0.4, 0.5) is 0 Å². The highest BCUT2D eigenvalue weighted by atomic mass is 16.4. The fourth-order valence-electron chi connectivity index (χ4n) is 1.41. The van der Waals surface area contributed by atoms with Crippen LogP contribution >= 0.6 is 0 Å². The highest BCUT2D eigenvalue weighted by Crippen LogP contribution is 2.18. The van der Waals surface area contributed by atoms with Gasteiger partial charge in [-0.05, 0) is 25.0 Å². The minimum atomic E-state index is -1.11. The van der Waals surface area contributed by atoms with E-state index >= 15 is 0 Å². The van der Waals surface area contributed by atoms with Gasteiger partial charge in [0.25, 0.3) is 5.91 Å². The minimum absolute atomic E-state index is 0.00280. The number of carbonyl (C=O) groups excluding carboxylic acids is 2. The van der Waals surface area contributed by atoms with Crippen molar-refractivity contribution in [2.45, 2.75) is 18.9 Å². The van der Waals surface area contributed by atoms with Crippen LogP contribution < -0.4 is 10.6 Å². The Hall–Kier alpha value is -2.44. The predicted octanol–water partition coefficient (Wildman–Crippen LogP) is -0.212. The van der Waals surface area contributed by atoms with Crippen molar-refractivity contribution in [3.63, 3.8) is 0 Å². The number of aromatic carboxylic acids is 1. The third kappa shape index (κ3) is 3.77. The number of nitrogens with zero attached hydrogens (tertiary/aromatic N) is 1. The summed E-state index contributed by atoms with van der Waals surface area (Å²) in [6.45, 7) is -0.113. The molecule has 1 aliphatic rings. The zero-order valence-electron chi connectivity index (χ0n) is 10.0. The third-order valence-electron chi connectivity index (χ3n) is 2.60. The Morgan fingerprint density at radius 2 is 2.05 bits per heavy atom. The molecule has 0 unspecified atom stereocenters. The highest BCUT2D eigenvalue weighted by molar-refractivity contribution is 5.95. The first-order valence-corrected chi connectivity index (χ1v) is 5.83. The summed E-state index contributed by atoms with van der Waals surface area (Å²) in [4.78, 5) is 37.3. The van der Waals surface area contributed by atoms with Crippen molar-refractivity contribution >= 4 is 17.8 Å². The van der Waals surface area contributed by atoms with E-state index in [1.807, 2.05) is 0 Å². The summed E-state index contributed by atoms with van der Waals surface area (Å²) in [7, 11) is 0. The van der Waals surface area contributed by atoms with Gasteiger partial charge in [0, 0.05) is 12.2 Å². The second kappa shape index (κ2) is 5.47. The Labute approximate surface area is 109 Å². The molecule has 1 aromatic heterocycles. The van der Waals surface area contributed by atoms with Gasteiger partial charge in [-0.1, -0.05) is 0 Å². The van der Waals surface area contributed by atoms with Crippen LogP contribution in [0.25, 0.3) is 0 Å². The summed E-state index contributed by atoms with van der Waals surface area (Å²) in [5.74, 6) is -1.86. The number of carboxylic acids is 1. The molecule has 1 aromatic rings. The lowest BCUT2D eigenvalue weighted by Crippen LogP contribution is -2.38. The van der Waals surface area contributed by atoms with Crippen molar-refractivity contribution in [3.05, 3.63) is 29.6 Å². The fourth-order valence-corrected chi connectivity index (χ4v) is 1.41. The van der Waals surface area contributed by atoms with Crippen molar-refractivity contribution in [2.75, 3.05) is 6.54 Å². The molecule has 1 aliphatic carbocycles. The fraction of sp³-hybridized carbons (Fsp3) is 0.333. The van der Waals surface area contributed by atoms with Gasteiger partial charge in [0.15, 0.2) is 0 Å². The van der Waals surface area contributed by atoms with Crippen LogP contribution in [0.1, 0.15) is 33.7 Å². The smallest absolute Gasteiger partial charge is 0.337 e. The summed E-state index contributed by atoms with van der Waals surface area (Å²) in [5.41, 5.74) is 0.0762. The van der Waals surface area contributed by atoms with Gasteiger partial charge in [-0.3, -0.25) is 14.6 Å². The zero-order chi connectivity index (χ0) is 13.8. The van der Waals surface area contributed by atoms with E-state index in [2.05, 4.69) is 15.6 Å². The lowest BCUT2D eigenvalue weighted by Gasteiger charge is -2.05. The number of hydrogen-bond acceptors (Lipinski definition) is 4. The maximum absolute atomic E-state index is 11.6. The molecule has 7 nitrogen and oxygen atoms in total. The second-order valence-corrected chi connectivity index (χ2v) is 4.26. The van der Waals surface area contributed by atoms with Crippen LogP contribution in [-0.4, -0.2) is 40.5 Å². The predicted molar refractivity (Wildman–Crippen MR) is 64.7 cm³/mol. The van der Waals surface area contributed by atoms with E-state index < -0.39 is 11.9 Å². The summed E-state index contributed by atoms with van der Waals surface area (Å²) >= 11 is 0.